The van der Waals surface area contributed by atoms with E-state index >= 15 is 0 Å². The van der Waals surface area contributed by atoms with Crippen molar-refractivity contribution in [1.82, 2.24) is 30.1 Å². The van der Waals surface area contributed by atoms with E-state index in [1.165, 1.54) is 35.0 Å². The maximum atomic E-state index is 5.55. The van der Waals surface area contributed by atoms with Crippen LogP contribution < -0.4 is 10.1 Å². The highest BCUT2D eigenvalue weighted by Gasteiger charge is 2.23. The van der Waals surface area contributed by atoms with Crippen LogP contribution in [0.2, 0.25) is 0 Å². The van der Waals surface area contributed by atoms with E-state index in [9.17, 15) is 0 Å². The number of nitrogens with zero attached hydrogens (tertiary/aromatic N) is 4. The maximum absolute atomic E-state index is 5.55. The van der Waals surface area contributed by atoms with Gasteiger partial charge in [0.25, 0.3) is 0 Å². The molecule has 0 amide bonds. The number of hydrogen-bond donors (Lipinski definition) is 2. The van der Waals surface area contributed by atoms with Crippen molar-refractivity contribution in [1.29, 1.82) is 0 Å². The van der Waals surface area contributed by atoms with Crippen LogP contribution in [-0.4, -0.2) is 45.0 Å². The Hall–Kier alpha value is -3.19. The topological polar surface area (TPSA) is 80.1 Å². The Balaban J connectivity index is 1.60. The number of aromatic nitrogens is 5. The number of hydrogen-bond acceptors (Lipinski definition) is 5. The summed E-state index contributed by atoms with van der Waals surface area (Å²) in [5, 5.41) is 15.8. The number of aromatic amines is 1. The van der Waals surface area contributed by atoms with E-state index in [-0.39, 0.29) is 0 Å². The van der Waals surface area contributed by atoms with Gasteiger partial charge in [-0.1, -0.05) is 26.0 Å². The predicted octanol–water partition coefficient (Wildman–Crippen LogP) is 4.00. The summed E-state index contributed by atoms with van der Waals surface area (Å²) in [7, 11) is 3.70. The van der Waals surface area contributed by atoms with E-state index in [1.807, 2.05) is 12.3 Å². The molecule has 7 heteroatoms. The summed E-state index contributed by atoms with van der Waals surface area (Å²) in [6.45, 7) is 4.41. The lowest BCUT2D eigenvalue weighted by Gasteiger charge is -2.24. The van der Waals surface area contributed by atoms with Crippen molar-refractivity contribution in [2.75, 3.05) is 14.2 Å². The van der Waals surface area contributed by atoms with Crippen molar-refractivity contribution in [3.05, 3.63) is 53.5 Å². The molecule has 0 saturated heterocycles. The minimum absolute atomic E-state index is 0.297. The molecule has 31 heavy (non-hydrogen) atoms. The van der Waals surface area contributed by atoms with Gasteiger partial charge < -0.3 is 10.1 Å². The molecule has 2 N–H and O–H groups in total. The highest BCUT2D eigenvalue weighted by atomic mass is 16.5. The SMILES string of the molecule is CNC1CCc2cc(-c3[nH]nc(-c4cc(OC)c5ncnn5c4)c3C(C)C)ccc2C1. The highest BCUT2D eigenvalue weighted by molar-refractivity contribution is 5.77. The van der Waals surface area contributed by atoms with Crippen LogP contribution in [0.15, 0.2) is 36.8 Å². The van der Waals surface area contributed by atoms with Gasteiger partial charge in [0.2, 0.25) is 0 Å². The normalized spacial score (nSPS) is 16.1. The number of likely N-dealkylation sites (N-methyl/N-ethyl adjacent to an activating group) is 1. The molecule has 0 radical (unpaired) electrons. The monoisotopic (exact) mass is 416 g/mol. The first-order valence-electron chi connectivity index (χ1n) is 10.8. The van der Waals surface area contributed by atoms with Crippen LogP contribution in [0.3, 0.4) is 0 Å². The van der Waals surface area contributed by atoms with E-state index in [4.69, 9.17) is 9.84 Å². The molecule has 7 nitrogen and oxygen atoms in total. The third kappa shape index (κ3) is 3.39. The molecule has 3 heterocycles. The van der Waals surface area contributed by atoms with Gasteiger partial charge >= 0.3 is 0 Å². The van der Waals surface area contributed by atoms with E-state index in [1.54, 1.807) is 11.6 Å². The van der Waals surface area contributed by atoms with Crippen molar-refractivity contribution in [2.45, 2.75) is 45.1 Å². The molecule has 0 fully saturated rings. The Bertz CT molecular complexity index is 1240. The van der Waals surface area contributed by atoms with Gasteiger partial charge in [-0.05, 0) is 55.5 Å². The van der Waals surface area contributed by atoms with E-state index < -0.39 is 0 Å². The molecule has 1 aromatic carbocycles. The number of nitrogens with one attached hydrogen (secondary N) is 2. The summed E-state index contributed by atoms with van der Waals surface area (Å²) in [4.78, 5) is 4.28. The van der Waals surface area contributed by atoms with Gasteiger partial charge in [0, 0.05) is 28.9 Å². The van der Waals surface area contributed by atoms with E-state index in [0.29, 0.717) is 23.4 Å². The molecule has 4 aromatic rings. The molecule has 160 valence electrons. The first-order chi connectivity index (χ1) is 15.1. The van der Waals surface area contributed by atoms with Crippen LogP contribution in [0.25, 0.3) is 28.2 Å². The molecule has 5 rings (SSSR count). The largest absolute Gasteiger partial charge is 0.493 e. The molecule has 0 aliphatic heterocycles. The zero-order chi connectivity index (χ0) is 21.5. The lowest BCUT2D eigenvalue weighted by molar-refractivity contribution is 0.416. The van der Waals surface area contributed by atoms with Gasteiger partial charge in [-0.15, -0.1) is 0 Å². The van der Waals surface area contributed by atoms with Gasteiger partial charge in [-0.2, -0.15) is 10.2 Å². The van der Waals surface area contributed by atoms with Crippen molar-refractivity contribution in [3.8, 4) is 28.3 Å². The zero-order valence-electron chi connectivity index (χ0n) is 18.4. The van der Waals surface area contributed by atoms with Gasteiger partial charge in [-0.3, -0.25) is 5.10 Å². The van der Waals surface area contributed by atoms with Gasteiger partial charge in [0.15, 0.2) is 11.4 Å². The van der Waals surface area contributed by atoms with Gasteiger partial charge in [0.1, 0.15) is 6.33 Å². The van der Waals surface area contributed by atoms with Crippen LogP contribution in [0.5, 0.6) is 5.75 Å². The van der Waals surface area contributed by atoms with Crippen molar-refractivity contribution in [2.24, 2.45) is 0 Å². The second-order valence-corrected chi connectivity index (χ2v) is 8.55. The third-order valence-corrected chi connectivity index (χ3v) is 6.35. The third-order valence-electron chi connectivity index (χ3n) is 6.35. The second kappa shape index (κ2) is 7.81. The quantitative estimate of drug-likeness (QED) is 0.514. The van der Waals surface area contributed by atoms with Crippen LogP contribution in [0, 0.1) is 0 Å². The van der Waals surface area contributed by atoms with Gasteiger partial charge in [-0.25, -0.2) is 9.50 Å². The van der Waals surface area contributed by atoms with E-state index in [0.717, 1.165) is 29.8 Å². The smallest absolute Gasteiger partial charge is 0.197 e. The van der Waals surface area contributed by atoms with Crippen molar-refractivity contribution in [3.63, 3.8) is 0 Å². The fourth-order valence-corrected chi connectivity index (χ4v) is 4.69. The Kier molecular flexibility index (Phi) is 4.98. The predicted molar refractivity (Wildman–Crippen MR) is 122 cm³/mol. The lowest BCUT2D eigenvalue weighted by Crippen LogP contribution is -2.31. The molecule has 3 aromatic heterocycles. The molecule has 1 unspecified atom stereocenters. The summed E-state index contributed by atoms with van der Waals surface area (Å²) < 4.78 is 7.29. The summed E-state index contributed by atoms with van der Waals surface area (Å²) in [6, 6.07) is 9.40. The Labute approximate surface area is 181 Å². The lowest BCUT2D eigenvalue weighted by atomic mass is 9.86. The average molecular weight is 417 g/mol. The molecular weight excluding hydrogens is 388 g/mol. The van der Waals surface area contributed by atoms with E-state index in [2.05, 4.69) is 59.6 Å². The number of H-pyrrole nitrogens is 1. The van der Waals surface area contributed by atoms with Crippen molar-refractivity contribution >= 4 is 5.65 Å². The second-order valence-electron chi connectivity index (χ2n) is 8.55. The minimum Gasteiger partial charge on any atom is -0.493 e. The number of ether oxygens (including phenoxy) is 1. The number of benzene rings is 1. The highest BCUT2D eigenvalue weighted by Crippen LogP contribution is 2.38. The fourth-order valence-electron chi connectivity index (χ4n) is 4.69. The summed E-state index contributed by atoms with van der Waals surface area (Å²) >= 11 is 0. The zero-order valence-corrected chi connectivity index (χ0v) is 18.4. The molecule has 0 bridgehead atoms. The van der Waals surface area contributed by atoms with Gasteiger partial charge in [0.05, 0.1) is 18.5 Å². The van der Waals surface area contributed by atoms with Crippen LogP contribution in [0.1, 0.15) is 42.9 Å². The van der Waals surface area contributed by atoms with Crippen LogP contribution in [-0.2, 0) is 12.8 Å². The van der Waals surface area contributed by atoms with Crippen LogP contribution >= 0.6 is 0 Å². The molecule has 1 aliphatic rings. The number of rotatable bonds is 5. The first-order valence-corrected chi connectivity index (χ1v) is 10.8. The average Bonchev–Trinajstić information content (AvgIpc) is 3.44. The summed E-state index contributed by atoms with van der Waals surface area (Å²) in [6.07, 6.45) is 6.87. The molecular formula is C24H28N6O. The maximum Gasteiger partial charge on any atom is 0.197 e. The number of methoxy groups -OCH3 is 1. The molecule has 1 aliphatic carbocycles. The van der Waals surface area contributed by atoms with Crippen LogP contribution in [0.4, 0.5) is 0 Å². The first kappa shape index (κ1) is 19.8. The van der Waals surface area contributed by atoms with Crippen molar-refractivity contribution < 1.29 is 4.74 Å². The Morgan fingerprint density at radius 1 is 1.19 bits per heavy atom. The molecule has 0 saturated carbocycles. The number of aryl methyl sites for hydroxylation is 1. The Morgan fingerprint density at radius 2 is 2.06 bits per heavy atom. The minimum atomic E-state index is 0.297. The molecule has 0 spiro atoms. The number of fused-ring (bicyclic) bond motifs is 2. The summed E-state index contributed by atoms with van der Waals surface area (Å²) in [5.41, 5.74) is 8.94. The Morgan fingerprint density at radius 3 is 2.84 bits per heavy atom. The summed E-state index contributed by atoms with van der Waals surface area (Å²) in [5.74, 6) is 0.980. The molecule has 1 atom stereocenters. The fraction of sp³-hybridized carbons (Fsp3) is 0.375. The number of pyridine rings is 1. The standard InChI is InChI=1S/C24H28N6O/c1-14(2)21-22(17-6-5-16-10-19(25-3)8-7-15(16)9-17)28-29-23(21)18-11-20(31-4)24-26-13-27-30(24)12-18/h5-6,9,11-14,19,25H,7-8,10H2,1-4H3,(H,28,29).